The molecule has 3 rings (SSSR count). The van der Waals surface area contributed by atoms with Crippen molar-refractivity contribution in [1.29, 1.82) is 0 Å². The molecule has 8 nitrogen and oxygen atoms in total. The van der Waals surface area contributed by atoms with Gasteiger partial charge < -0.3 is 25.9 Å². The third kappa shape index (κ3) is 3.82. The lowest BCUT2D eigenvalue weighted by molar-refractivity contribution is 0.178. The second kappa shape index (κ2) is 7.29. The van der Waals surface area contributed by atoms with E-state index >= 15 is 0 Å². The number of nitrogens with one attached hydrogen (secondary N) is 1. The monoisotopic (exact) mass is 320 g/mol. The quantitative estimate of drug-likeness (QED) is 0.788. The minimum Gasteiger partial charge on any atom is -0.393 e. The van der Waals surface area contributed by atoms with E-state index in [1.807, 2.05) is 0 Å². The maximum absolute atomic E-state index is 6.35. The van der Waals surface area contributed by atoms with Gasteiger partial charge in [-0.2, -0.15) is 0 Å². The van der Waals surface area contributed by atoms with Crippen LogP contribution in [0.25, 0.3) is 0 Å². The predicted molar refractivity (Wildman–Crippen MR) is 93.5 cm³/mol. The fraction of sp³-hybridized carbons (Fsp3) is 0.733. The minimum absolute atomic E-state index is 0.649. The van der Waals surface area contributed by atoms with Crippen molar-refractivity contribution in [2.24, 2.45) is 0 Å². The molecule has 0 unspecified atom stereocenters. The average molecular weight is 320 g/mol. The Bertz CT molecular complexity index is 506. The van der Waals surface area contributed by atoms with Crippen LogP contribution in [0.2, 0.25) is 0 Å². The number of nitrogen functional groups attached to an aromatic ring is 1. The molecule has 8 heteroatoms. The summed E-state index contributed by atoms with van der Waals surface area (Å²) in [5, 5.41) is 2.18. The van der Waals surface area contributed by atoms with E-state index in [2.05, 4.69) is 49.1 Å². The summed E-state index contributed by atoms with van der Waals surface area (Å²) < 4.78 is 0. The molecule has 0 bridgehead atoms. The van der Waals surface area contributed by atoms with Gasteiger partial charge in [-0.15, -0.1) is 0 Å². The van der Waals surface area contributed by atoms with Crippen molar-refractivity contribution < 1.29 is 0 Å². The van der Waals surface area contributed by atoms with E-state index in [0.29, 0.717) is 5.69 Å². The predicted octanol–water partition coefficient (Wildman–Crippen LogP) is -0.225. The third-order valence-electron chi connectivity index (χ3n) is 4.75. The van der Waals surface area contributed by atoms with Gasteiger partial charge in [-0.1, -0.05) is 6.92 Å². The lowest BCUT2D eigenvalue weighted by atomic mass is 10.3. The van der Waals surface area contributed by atoms with Crippen molar-refractivity contribution in [2.75, 3.05) is 82.0 Å². The normalized spacial score (nSPS) is 21.6. The number of nitrogens with two attached hydrogens (primary N) is 1. The first kappa shape index (κ1) is 16.2. The summed E-state index contributed by atoms with van der Waals surface area (Å²) in [4.78, 5) is 15.8. The summed E-state index contributed by atoms with van der Waals surface area (Å²) in [6, 6.07) is 0. The molecule has 0 radical (unpaired) electrons. The Balaban J connectivity index is 1.66. The summed E-state index contributed by atoms with van der Waals surface area (Å²) in [6.07, 6.45) is 1.61. The van der Waals surface area contributed by atoms with E-state index in [-0.39, 0.29) is 0 Å². The van der Waals surface area contributed by atoms with Crippen LogP contribution in [0.4, 0.5) is 17.3 Å². The highest BCUT2D eigenvalue weighted by Gasteiger charge is 2.21. The summed E-state index contributed by atoms with van der Waals surface area (Å²) in [7, 11) is 2.14. The Kier molecular flexibility index (Phi) is 5.14. The van der Waals surface area contributed by atoms with E-state index in [1.165, 1.54) is 0 Å². The second-order valence-corrected chi connectivity index (χ2v) is 6.28. The van der Waals surface area contributed by atoms with Crippen LogP contribution in [0.1, 0.15) is 6.92 Å². The molecular weight excluding hydrogens is 292 g/mol. The van der Waals surface area contributed by atoms with Gasteiger partial charge in [-0.05, 0) is 13.6 Å². The molecule has 0 aromatic carbocycles. The Hall–Kier alpha value is -1.64. The van der Waals surface area contributed by atoms with Gasteiger partial charge in [0.2, 0.25) is 0 Å². The average Bonchev–Trinajstić information content (AvgIpc) is 2.59. The number of rotatable bonds is 4. The van der Waals surface area contributed by atoms with E-state index in [0.717, 1.165) is 70.5 Å². The molecule has 2 fully saturated rings. The second-order valence-electron chi connectivity index (χ2n) is 6.28. The number of hydrogen-bond donors (Lipinski definition) is 2. The molecule has 128 valence electrons. The highest BCUT2D eigenvalue weighted by molar-refractivity contribution is 5.74. The Morgan fingerprint density at radius 2 is 1.74 bits per heavy atom. The molecule has 0 aliphatic carbocycles. The summed E-state index contributed by atoms with van der Waals surface area (Å²) in [6.45, 7) is 11.4. The zero-order valence-electron chi connectivity index (χ0n) is 14.2. The number of hydrogen-bond acceptors (Lipinski definition) is 8. The van der Waals surface area contributed by atoms with Crippen LogP contribution in [0.5, 0.6) is 0 Å². The van der Waals surface area contributed by atoms with Crippen LogP contribution in [0.15, 0.2) is 6.33 Å². The zero-order valence-corrected chi connectivity index (χ0v) is 14.2. The Morgan fingerprint density at radius 1 is 1.04 bits per heavy atom. The van der Waals surface area contributed by atoms with Crippen molar-refractivity contribution in [2.45, 2.75) is 6.92 Å². The molecule has 0 saturated carbocycles. The molecule has 0 amide bonds. The van der Waals surface area contributed by atoms with E-state index in [4.69, 9.17) is 5.73 Å². The smallest absolute Gasteiger partial charge is 0.169 e. The lowest BCUT2D eigenvalue weighted by Crippen LogP contribution is -2.47. The Labute approximate surface area is 138 Å². The maximum atomic E-state index is 6.35. The van der Waals surface area contributed by atoms with Crippen molar-refractivity contribution >= 4 is 17.3 Å². The SMILES string of the molecule is CCN1CCN(c2ncnc(NN3CCN(C)CC3)c2N)CC1. The molecule has 3 heterocycles. The van der Waals surface area contributed by atoms with Crippen LogP contribution < -0.4 is 16.1 Å². The van der Waals surface area contributed by atoms with Crippen LogP contribution in [-0.4, -0.2) is 90.7 Å². The fourth-order valence-corrected chi connectivity index (χ4v) is 3.07. The third-order valence-corrected chi connectivity index (χ3v) is 4.75. The molecule has 3 N–H and O–H groups in total. The molecule has 1 aromatic rings. The number of anilines is 3. The fourth-order valence-electron chi connectivity index (χ4n) is 3.07. The van der Waals surface area contributed by atoms with Crippen molar-refractivity contribution in [3.05, 3.63) is 6.33 Å². The number of hydrazine groups is 1. The van der Waals surface area contributed by atoms with Crippen LogP contribution in [0, 0.1) is 0 Å². The van der Waals surface area contributed by atoms with Crippen molar-refractivity contribution in [3.63, 3.8) is 0 Å². The first-order valence-electron chi connectivity index (χ1n) is 8.45. The topological polar surface area (TPSA) is 76.8 Å². The lowest BCUT2D eigenvalue weighted by Gasteiger charge is -2.36. The minimum atomic E-state index is 0.649. The van der Waals surface area contributed by atoms with Crippen LogP contribution >= 0.6 is 0 Å². The first-order valence-corrected chi connectivity index (χ1v) is 8.45. The van der Waals surface area contributed by atoms with Gasteiger partial charge in [0.05, 0.1) is 0 Å². The molecule has 1 aromatic heterocycles. The van der Waals surface area contributed by atoms with Crippen LogP contribution in [-0.2, 0) is 0 Å². The molecule has 2 aliphatic heterocycles. The van der Waals surface area contributed by atoms with Gasteiger partial charge in [0.25, 0.3) is 0 Å². The van der Waals surface area contributed by atoms with Crippen LogP contribution in [0.3, 0.4) is 0 Å². The van der Waals surface area contributed by atoms with Gasteiger partial charge in [0.15, 0.2) is 11.6 Å². The zero-order chi connectivity index (χ0) is 16.2. The number of aromatic nitrogens is 2. The highest BCUT2D eigenvalue weighted by atomic mass is 15.5. The van der Waals surface area contributed by atoms with Gasteiger partial charge in [-0.25, -0.2) is 15.0 Å². The van der Waals surface area contributed by atoms with Gasteiger partial charge in [0.1, 0.15) is 12.0 Å². The summed E-state index contributed by atoms with van der Waals surface area (Å²) >= 11 is 0. The molecule has 2 saturated heterocycles. The molecule has 0 spiro atoms. The maximum Gasteiger partial charge on any atom is 0.169 e. The van der Waals surface area contributed by atoms with Crippen molar-refractivity contribution in [3.8, 4) is 0 Å². The highest BCUT2D eigenvalue weighted by Crippen LogP contribution is 2.27. The number of likely N-dealkylation sites (N-methyl/N-ethyl adjacent to an activating group) is 2. The Morgan fingerprint density at radius 3 is 2.39 bits per heavy atom. The van der Waals surface area contributed by atoms with E-state index in [9.17, 15) is 0 Å². The van der Waals surface area contributed by atoms with Gasteiger partial charge >= 0.3 is 0 Å². The summed E-state index contributed by atoms with van der Waals surface area (Å²) in [5.74, 6) is 1.57. The molecule has 23 heavy (non-hydrogen) atoms. The molecular formula is C15H28N8. The van der Waals surface area contributed by atoms with E-state index < -0.39 is 0 Å². The molecule has 0 atom stereocenters. The first-order chi connectivity index (χ1) is 11.2. The van der Waals surface area contributed by atoms with Crippen molar-refractivity contribution in [1.82, 2.24) is 24.8 Å². The standard InChI is InChI=1S/C15H28N8/c1-3-21-6-8-22(9-7-21)15-13(16)14(17-12-18-15)19-23-10-4-20(2)5-11-23/h12H,3-11,16H2,1-2H3,(H,17,18,19). The molecule has 2 aliphatic rings. The largest absolute Gasteiger partial charge is 0.393 e. The van der Waals surface area contributed by atoms with Gasteiger partial charge in [0, 0.05) is 52.4 Å². The van der Waals surface area contributed by atoms with Gasteiger partial charge in [-0.3, -0.25) is 0 Å². The summed E-state index contributed by atoms with van der Waals surface area (Å²) in [5.41, 5.74) is 10.4. The number of piperazine rings is 2. The van der Waals surface area contributed by atoms with E-state index in [1.54, 1.807) is 6.33 Å². The number of nitrogens with zero attached hydrogens (tertiary/aromatic N) is 6.